The van der Waals surface area contributed by atoms with Gasteiger partial charge in [-0.2, -0.15) is 4.52 Å². The molecule has 1 fully saturated rings. The molecule has 2 aromatic heterocycles. The molecule has 1 N–H and O–H groups in total. The highest BCUT2D eigenvalue weighted by Gasteiger charge is 2.24. The van der Waals surface area contributed by atoms with Crippen molar-refractivity contribution >= 4 is 28.3 Å². The number of aryl methyl sites for hydroxylation is 1. The third kappa shape index (κ3) is 4.06. The molecule has 1 aliphatic heterocycles. The number of rotatable bonds is 5. The number of aromatic nitrogens is 4. The first-order chi connectivity index (χ1) is 15.2. The largest absolute Gasteiger partial charge is 0.376 e. The molecule has 31 heavy (non-hydrogen) atoms. The van der Waals surface area contributed by atoms with Gasteiger partial charge in [-0.3, -0.25) is 0 Å². The van der Waals surface area contributed by atoms with E-state index in [2.05, 4.69) is 39.9 Å². The lowest BCUT2D eigenvalue weighted by Gasteiger charge is -2.26. The van der Waals surface area contributed by atoms with Crippen LogP contribution in [0, 0.1) is 6.92 Å². The van der Waals surface area contributed by atoms with Gasteiger partial charge in [-0.1, -0.05) is 29.8 Å². The Morgan fingerprint density at radius 3 is 2.90 bits per heavy atom. The maximum Gasteiger partial charge on any atom is 0.322 e. The summed E-state index contributed by atoms with van der Waals surface area (Å²) in [5, 5.41) is 16.3. The average Bonchev–Trinajstić information content (AvgIpc) is 3.46. The number of tetrazole rings is 1. The lowest BCUT2D eigenvalue weighted by atomic mass is 10.1. The number of urea groups is 1. The molecule has 2 aromatic carbocycles. The van der Waals surface area contributed by atoms with Crippen LogP contribution < -0.4 is 5.32 Å². The van der Waals surface area contributed by atoms with Crippen molar-refractivity contribution < 1.29 is 9.53 Å². The summed E-state index contributed by atoms with van der Waals surface area (Å²) in [4.78, 5) is 15.0. The monoisotopic (exact) mass is 416 g/mol. The van der Waals surface area contributed by atoms with E-state index in [0.717, 1.165) is 47.2 Å². The van der Waals surface area contributed by atoms with Crippen molar-refractivity contribution in [3.05, 3.63) is 65.7 Å². The number of hydrogen-bond acceptors (Lipinski definition) is 5. The minimum atomic E-state index is -0.170. The molecular weight excluding hydrogens is 392 g/mol. The van der Waals surface area contributed by atoms with Gasteiger partial charge in [0.25, 0.3) is 0 Å². The van der Waals surface area contributed by atoms with E-state index in [0.29, 0.717) is 18.7 Å². The molecule has 0 aliphatic carbocycles. The highest BCUT2D eigenvalue weighted by molar-refractivity contribution is 5.90. The second-order valence-electron chi connectivity index (χ2n) is 7.96. The van der Waals surface area contributed by atoms with Crippen molar-refractivity contribution in [2.24, 2.45) is 0 Å². The Morgan fingerprint density at radius 1 is 1.23 bits per heavy atom. The fourth-order valence-corrected chi connectivity index (χ4v) is 4.08. The number of hydrogen-bond donors (Lipinski definition) is 1. The van der Waals surface area contributed by atoms with Gasteiger partial charge in [-0.25, -0.2) is 4.79 Å². The smallest absolute Gasteiger partial charge is 0.322 e. The van der Waals surface area contributed by atoms with E-state index >= 15 is 0 Å². The Labute approximate surface area is 179 Å². The molecule has 0 spiro atoms. The van der Waals surface area contributed by atoms with Crippen LogP contribution in [0.25, 0.3) is 16.6 Å². The zero-order valence-corrected chi connectivity index (χ0v) is 17.4. The quantitative estimate of drug-likeness (QED) is 0.535. The first kappa shape index (κ1) is 19.4. The molecule has 3 heterocycles. The molecule has 1 atom stereocenters. The average molecular weight is 416 g/mol. The molecule has 1 aliphatic rings. The number of anilines is 1. The van der Waals surface area contributed by atoms with E-state index in [1.807, 2.05) is 42.5 Å². The lowest BCUT2D eigenvalue weighted by molar-refractivity contribution is 0.0820. The van der Waals surface area contributed by atoms with Gasteiger partial charge >= 0.3 is 6.03 Å². The Morgan fingerprint density at radius 2 is 2.10 bits per heavy atom. The zero-order chi connectivity index (χ0) is 21.2. The van der Waals surface area contributed by atoms with Crippen LogP contribution in [-0.4, -0.2) is 50.2 Å². The number of benzene rings is 2. The number of amides is 2. The summed E-state index contributed by atoms with van der Waals surface area (Å²) in [6.07, 6.45) is 2.01. The van der Waals surface area contributed by atoms with Gasteiger partial charge in [-0.05, 0) is 60.5 Å². The predicted octanol–water partition coefficient (Wildman–Crippen LogP) is 3.80. The molecule has 1 saturated heterocycles. The van der Waals surface area contributed by atoms with Crippen molar-refractivity contribution in [2.75, 3.05) is 18.5 Å². The SMILES string of the molecule is Cc1ccc2c(c1)cc(CN(CC1CCCO1)C(=O)Nc1ccccc1)c1nnnn12. The van der Waals surface area contributed by atoms with Crippen molar-refractivity contribution in [1.82, 2.24) is 24.9 Å². The van der Waals surface area contributed by atoms with Gasteiger partial charge in [0.15, 0.2) is 5.65 Å². The topological polar surface area (TPSA) is 84.6 Å². The summed E-state index contributed by atoms with van der Waals surface area (Å²) in [7, 11) is 0. The Bertz CT molecular complexity index is 1220. The maximum absolute atomic E-state index is 13.2. The number of pyridine rings is 1. The molecular formula is C23H24N6O2. The fourth-order valence-electron chi connectivity index (χ4n) is 4.08. The first-order valence-corrected chi connectivity index (χ1v) is 10.5. The van der Waals surface area contributed by atoms with Crippen LogP contribution >= 0.6 is 0 Å². The second-order valence-corrected chi connectivity index (χ2v) is 7.96. The lowest BCUT2D eigenvalue weighted by Crippen LogP contribution is -2.39. The summed E-state index contributed by atoms with van der Waals surface area (Å²) in [5.41, 5.74) is 4.40. The van der Waals surface area contributed by atoms with Crippen LogP contribution in [0.15, 0.2) is 54.6 Å². The minimum Gasteiger partial charge on any atom is -0.376 e. The summed E-state index contributed by atoms with van der Waals surface area (Å²) in [6.45, 7) is 3.69. The number of carbonyl (C=O) groups excluding carboxylic acids is 1. The third-order valence-corrected chi connectivity index (χ3v) is 5.62. The van der Waals surface area contributed by atoms with Crippen molar-refractivity contribution in [3.8, 4) is 0 Å². The molecule has 0 radical (unpaired) electrons. The molecule has 1 unspecified atom stereocenters. The molecule has 0 saturated carbocycles. The molecule has 4 aromatic rings. The molecule has 2 amide bonds. The number of ether oxygens (including phenoxy) is 1. The van der Waals surface area contributed by atoms with Crippen molar-refractivity contribution in [2.45, 2.75) is 32.4 Å². The van der Waals surface area contributed by atoms with E-state index in [1.54, 1.807) is 9.42 Å². The summed E-state index contributed by atoms with van der Waals surface area (Å²) < 4.78 is 7.55. The van der Waals surface area contributed by atoms with Gasteiger partial charge < -0.3 is 15.0 Å². The first-order valence-electron chi connectivity index (χ1n) is 10.5. The fraction of sp³-hybridized carbons (Fsp3) is 0.304. The molecule has 0 bridgehead atoms. The normalized spacial score (nSPS) is 16.1. The number of nitrogens with zero attached hydrogens (tertiary/aromatic N) is 5. The Kier molecular flexibility index (Phi) is 5.21. The highest BCUT2D eigenvalue weighted by atomic mass is 16.5. The van der Waals surface area contributed by atoms with Crippen molar-refractivity contribution in [3.63, 3.8) is 0 Å². The number of para-hydroxylation sites is 1. The van der Waals surface area contributed by atoms with E-state index in [9.17, 15) is 4.79 Å². The summed E-state index contributed by atoms with van der Waals surface area (Å²) in [6, 6.07) is 17.5. The maximum atomic E-state index is 13.2. The number of nitrogens with one attached hydrogen (secondary N) is 1. The van der Waals surface area contributed by atoms with Crippen LogP contribution in [0.2, 0.25) is 0 Å². The van der Waals surface area contributed by atoms with Gasteiger partial charge in [0.05, 0.1) is 18.2 Å². The predicted molar refractivity (Wildman–Crippen MR) is 118 cm³/mol. The standard InChI is InChI=1S/C23H24N6O2/c1-16-9-10-21-17(12-16)13-18(22-25-26-27-29(21)22)14-28(15-20-8-5-11-31-20)23(30)24-19-6-3-2-4-7-19/h2-4,6-7,9-10,12-13,20H,5,8,11,14-15H2,1H3,(H,24,30). The van der Waals surface area contributed by atoms with Crippen LogP contribution in [0.4, 0.5) is 10.5 Å². The van der Waals surface area contributed by atoms with Gasteiger partial charge in [-0.15, -0.1) is 5.10 Å². The minimum absolute atomic E-state index is 0.0382. The molecule has 8 nitrogen and oxygen atoms in total. The van der Waals surface area contributed by atoms with Crippen LogP contribution in [0.5, 0.6) is 0 Å². The molecule has 8 heteroatoms. The number of carbonyl (C=O) groups is 1. The van der Waals surface area contributed by atoms with Crippen LogP contribution in [0.3, 0.4) is 0 Å². The Balaban J connectivity index is 1.49. The highest BCUT2D eigenvalue weighted by Crippen LogP contribution is 2.23. The van der Waals surface area contributed by atoms with E-state index < -0.39 is 0 Å². The van der Waals surface area contributed by atoms with Gasteiger partial charge in [0.1, 0.15) is 0 Å². The van der Waals surface area contributed by atoms with E-state index in [1.165, 1.54) is 0 Å². The third-order valence-electron chi connectivity index (χ3n) is 5.62. The van der Waals surface area contributed by atoms with E-state index in [-0.39, 0.29) is 12.1 Å². The second kappa shape index (κ2) is 8.31. The van der Waals surface area contributed by atoms with Crippen LogP contribution in [0.1, 0.15) is 24.0 Å². The van der Waals surface area contributed by atoms with Crippen molar-refractivity contribution in [1.29, 1.82) is 0 Å². The van der Waals surface area contributed by atoms with Gasteiger partial charge in [0, 0.05) is 29.8 Å². The Hall–Kier alpha value is -3.52. The molecule has 158 valence electrons. The molecule has 5 rings (SSSR count). The summed E-state index contributed by atoms with van der Waals surface area (Å²) >= 11 is 0. The van der Waals surface area contributed by atoms with Gasteiger partial charge in [0.2, 0.25) is 0 Å². The number of fused-ring (bicyclic) bond motifs is 3. The van der Waals surface area contributed by atoms with Crippen LogP contribution in [-0.2, 0) is 11.3 Å². The summed E-state index contributed by atoms with van der Waals surface area (Å²) in [5.74, 6) is 0. The van der Waals surface area contributed by atoms with E-state index in [4.69, 9.17) is 4.74 Å². The zero-order valence-electron chi connectivity index (χ0n) is 17.4.